The van der Waals surface area contributed by atoms with E-state index in [4.69, 9.17) is 4.74 Å². The Labute approximate surface area is 117 Å². The molecular formula is C15H18N2OS. The Bertz CT molecular complexity index is 535. The molecule has 0 aliphatic heterocycles. The van der Waals surface area contributed by atoms with Gasteiger partial charge in [0, 0.05) is 29.7 Å². The number of methoxy groups -OCH3 is 1. The lowest BCUT2D eigenvalue weighted by molar-refractivity contribution is 0.397. The summed E-state index contributed by atoms with van der Waals surface area (Å²) in [6, 6.07) is 6.74. The second kappa shape index (κ2) is 5.72. The van der Waals surface area contributed by atoms with Crippen molar-refractivity contribution < 1.29 is 4.74 Å². The predicted molar refractivity (Wildman–Crippen MR) is 77.6 cm³/mol. The van der Waals surface area contributed by atoms with Crippen LogP contribution in [-0.4, -0.2) is 12.1 Å². The van der Waals surface area contributed by atoms with E-state index in [2.05, 4.69) is 27.8 Å². The number of nitrogens with one attached hydrogen (secondary N) is 1. The Morgan fingerprint density at radius 2 is 2.37 bits per heavy atom. The number of ether oxygens (including phenoxy) is 1. The average molecular weight is 274 g/mol. The van der Waals surface area contributed by atoms with Gasteiger partial charge in [0.15, 0.2) is 0 Å². The molecule has 0 bridgehead atoms. The van der Waals surface area contributed by atoms with Gasteiger partial charge in [-0.3, -0.25) is 0 Å². The van der Waals surface area contributed by atoms with Crippen LogP contribution in [0.3, 0.4) is 0 Å². The van der Waals surface area contributed by atoms with Gasteiger partial charge in [-0.1, -0.05) is 6.07 Å². The van der Waals surface area contributed by atoms with E-state index in [0.717, 1.165) is 6.54 Å². The molecule has 19 heavy (non-hydrogen) atoms. The minimum atomic E-state index is 0.497. The number of hydrogen-bond donors (Lipinski definition) is 1. The molecule has 1 N–H and O–H groups in total. The highest BCUT2D eigenvalue weighted by atomic mass is 32.1. The lowest BCUT2D eigenvalue weighted by Crippen LogP contribution is -2.23. The Kier molecular flexibility index (Phi) is 3.80. The highest BCUT2D eigenvalue weighted by Gasteiger charge is 2.20. The molecule has 0 fully saturated rings. The lowest BCUT2D eigenvalue weighted by Gasteiger charge is -2.23. The zero-order valence-electron chi connectivity index (χ0n) is 11.1. The average Bonchev–Trinajstić information content (AvgIpc) is 2.94. The SMILES string of the molecule is COc1ccc(CNC2CCCc3sccc32)cn1. The van der Waals surface area contributed by atoms with Crippen molar-refractivity contribution in [1.29, 1.82) is 0 Å². The van der Waals surface area contributed by atoms with Crippen LogP contribution in [0.1, 0.15) is 34.9 Å². The highest BCUT2D eigenvalue weighted by Crippen LogP contribution is 2.33. The van der Waals surface area contributed by atoms with Crippen LogP contribution in [0, 0.1) is 0 Å². The summed E-state index contributed by atoms with van der Waals surface area (Å²) in [5.74, 6) is 0.668. The number of pyridine rings is 1. The van der Waals surface area contributed by atoms with Crippen LogP contribution in [0.5, 0.6) is 5.88 Å². The van der Waals surface area contributed by atoms with E-state index in [1.807, 2.05) is 23.6 Å². The first-order chi connectivity index (χ1) is 9.36. The molecule has 0 radical (unpaired) electrons. The molecule has 100 valence electrons. The minimum Gasteiger partial charge on any atom is -0.481 e. The number of nitrogens with zero attached hydrogens (tertiary/aromatic N) is 1. The van der Waals surface area contributed by atoms with Crippen LogP contribution in [-0.2, 0) is 13.0 Å². The van der Waals surface area contributed by atoms with E-state index in [1.165, 1.54) is 30.4 Å². The number of thiophene rings is 1. The first-order valence-corrected chi connectivity index (χ1v) is 7.53. The maximum Gasteiger partial charge on any atom is 0.212 e. The third-order valence-electron chi connectivity index (χ3n) is 3.61. The third-order valence-corrected chi connectivity index (χ3v) is 4.61. The second-order valence-electron chi connectivity index (χ2n) is 4.83. The summed E-state index contributed by atoms with van der Waals surface area (Å²) < 4.78 is 5.07. The molecule has 0 saturated heterocycles. The van der Waals surface area contributed by atoms with E-state index in [0.29, 0.717) is 11.9 Å². The van der Waals surface area contributed by atoms with E-state index in [1.54, 1.807) is 12.0 Å². The predicted octanol–water partition coefficient (Wildman–Crippen LogP) is 3.32. The molecule has 0 amide bonds. The van der Waals surface area contributed by atoms with Crippen molar-refractivity contribution in [1.82, 2.24) is 10.3 Å². The molecule has 4 heteroatoms. The number of rotatable bonds is 4. The Morgan fingerprint density at radius 3 is 3.16 bits per heavy atom. The first kappa shape index (κ1) is 12.6. The van der Waals surface area contributed by atoms with Crippen molar-refractivity contribution in [3.63, 3.8) is 0 Å². The summed E-state index contributed by atoms with van der Waals surface area (Å²) in [6.07, 6.45) is 5.64. The summed E-state index contributed by atoms with van der Waals surface area (Å²) >= 11 is 1.89. The topological polar surface area (TPSA) is 34.1 Å². The number of fused-ring (bicyclic) bond motifs is 1. The largest absolute Gasteiger partial charge is 0.481 e. The number of hydrogen-bond acceptors (Lipinski definition) is 4. The van der Waals surface area contributed by atoms with Crippen molar-refractivity contribution >= 4 is 11.3 Å². The molecule has 0 aromatic carbocycles. The van der Waals surface area contributed by atoms with Crippen LogP contribution in [0.15, 0.2) is 29.8 Å². The third kappa shape index (κ3) is 2.80. The van der Waals surface area contributed by atoms with Crippen LogP contribution in [0.2, 0.25) is 0 Å². The fraction of sp³-hybridized carbons (Fsp3) is 0.400. The van der Waals surface area contributed by atoms with Crippen LogP contribution < -0.4 is 10.1 Å². The minimum absolute atomic E-state index is 0.497. The molecule has 1 aliphatic rings. The summed E-state index contributed by atoms with van der Waals surface area (Å²) in [5, 5.41) is 5.85. The van der Waals surface area contributed by atoms with Crippen molar-refractivity contribution in [2.45, 2.75) is 31.8 Å². The van der Waals surface area contributed by atoms with Gasteiger partial charge in [-0.15, -0.1) is 11.3 Å². The molecule has 2 heterocycles. The molecule has 1 unspecified atom stereocenters. The first-order valence-electron chi connectivity index (χ1n) is 6.65. The van der Waals surface area contributed by atoms with E-state index in [9.17, 15) is 0 Å². The zero-order chi connectivity index (χ0) is 13.1. The standard InChI is InChI=1S/C15H18N2OS/c1-18-15-6-5-11(10-17-15)9-16-13-3-2-4-14-12(13)7-8-19-14/h5-8,10,13,16H,2-4,9H2,1H3. The van der Waals surface area contributed by atoms with Gasteiger partial charge in [0.1, 0.15) is 0 Å². The molecule has 1 aliphatic carbocycles. The maximum absolute atomic E-state index is 5.07. The van der Waals surface area contributed by atoms with E-state index in [-0.39, 0.29) is 0 Å². The summed E-state index contributed by atoms with van der Waals surface area (Å²) in [4.78, 5) is 5.79. The summed E-state index contributed by atoms with van der Waals surface area (Å²) in [5.41, 5.74) is 2.70. The fourth-order valence-corrected chi connectivity index (χ4v) is 3.56. The molecule has 2 aromatic rings. The maximum atomic E-state index is 5.07. The highest BCUT2D eigenvalue weighted by molar-refractivity contribution is 7.10. The molecule has 3 nitrogen and oxygen atoms in total. The Balaban J connectivity index is 1.64. The summed E-state index contributed by atoms with van der Waals surface area (Å²) in [7, 11) is 1.64. The van der Waals surface area contributed by atoms with Crippen LogP contribution >= 0.6 is 11.3 Å². The monoisotopic (exact) mass is 274 g/mol. The Hall–Kier alpha value is -1.39. The van der Waals surface area contributed by atoms with Crippen molar-refractivity contribution in [2.24, 2.45) is 0 Å². The second-order valence-corrected chi connectivity index (χ2v) is 5.83. The van der Waals surface area contributed by atoms with E-state index < -0.39 is 0 Å². The molecule has 2 aromatic heterocycles. The van der Waals surface area contributed by atoms with Gasteiger partial charge in [0.05, 0.1) is 7.11 Å². The number of aromatic nitrogens is 1. The zero-order valence-corrected chi connectivity index (χ0v) is 11.9. The molecule has 0 spiro atoms. The van der Waals surface area contributed by atoms with E-state index >= 15 is 0 Å². The van der Waals surface area contributed by atoms with Crippen molar-refractivity contribution in [2.75, 3.05) is 7.11 Å². The summed E-state index contributed by atoms with van der Waals surface area (Å²) in [6.45, 7) is 0.858. The van der Waals surface area contributed by atoms with Gasteiger partial charge in [0.2, 0.25) is 5.88 Å². The lowest BCUT2D eigenvalue weighted by atomic mass is 9.94. The van der Waals surface area contributed by atoms with Crippen molar-refractivity contribution in [3.8, 4) is 5.88 Å². The van der Waals surface area contributed by atoms with Crippen LogP contribution in [0.4, 0.5) is 0 Å². The smallest absolute Gasteiger partial charge is 0.212 e. The fourth-order valence-electron chi connectivity index (χ4n) is 2.58. The molecule has 1 atom stereocenters. The molecule has 3 rings (SSSR count). The Morgan fingerprint density at radius 1 is 1.42 bits per heavy atom. The normalized spacial score (nSPS) is 18.1. The van der Waals surface area contributed by atoms with Gasteiger partial charge in [-0.05, 0) is 41.8 Å². The van der Waals surface area contributed by atoms with Gasteiger partial charge in [-0.2, -0.15) is 0 Å². The number of aryl methyl sites for hydroxylation is 1. The van der Waals surface area contributed by atoms with Gasteiger partial charge >= 0.3 is 0 Å². The molecule has 0 saturated carbocycles. The van der Waals surface area contributed by atoms with Crippen molar-refractivity contribution in [3.05, 3.63) is 45.8 Å². The van der Waals surface area contributed by atoms with Gasteiger partial charge in [0.25, 0.3) is 0 Å². The van der Waals surface area contributed by atoms with Crippen LogP contribution in [0.25, 0.3) is 0 Å². The quantitative estimate of drug-likeness (QED) is 0.928. The van der Waals surface area contributed by atoms with Gasteiger partial charge < -0.3 is 10.1 Å². The van der Waals surface area contributed by atoms with Gasteiger partial charge in [-0.25, -0.2) is 4.98 Å². The molecular weight excluding hydrogens is 256 g/mol.